The predicted molar refractivity (Wildman–Crippen MR) is 48.5 cm³/mol. The molecule has 11 heavy (non-hydrogen) atoms. The molecule has 0 aliphatic carbocycles. The normalized spacial score (nSPS) is 13.0. The van der Waals surface area contributed by atoms with Crippen molar-refractivity contribution in [3.63, 3.8) is 0 Å². The smallest absolute Gasteiger partial charge is 0.0483 e. The van der Waals surface area contributed by atoms with Crippen molar-refractivity contribution in [2.45, 2.75) is 32.7 Å². The van der Waals surface area contributed by atoms with Gasteiger partial charge in [0.25, 0.3) is 0 Å². The third-order valence-electron chi connectivity index (χ3n) is 1.55. The molecular weight excluding hydrogens is 138 g/mol. The van der Waals surface area contributed by atoms with Crippen LogP contribution in [-0.4, -0.2) is 19.3 Å². The zero-order valence-corrected chi connectivity index (χ0v) is 7.60. The Kier molecular flexibility index (Phi) is 6.18. The average molecular weight is 157 g/mol. The summed E-state index contributed by atoms with van der Waals surface area (Å²) >= 11 is 0. The second kappa shape index (κ2) is 6.38. The first-order chi connectivity index (χ1) is 5.18. The van der Waals surface area contributed by atoms with E-state index in [1.807, 2.05) is 6.92 Å². The maximum Gasteiger partial charge on any atom is 0.0483 e. The molecule has 2 N–H and O–H groups in total. The highest BCUT2D eigenvalue weighted by Crippen LogP contribution is 1.99. The Labute approximate surface area is 69.4 Å². The van der Waals surface area contributed by atoms with Crippen LogP contribution < -0.4 is 5.73 Å². The molecule has 0 radical (unpaired) electrons. The SMILES string of the molecule is C=C(C)C(N)CCOCCC. The number of hydrogen-bond acceptors (Lipinski definition) is 2. The van der Waals surface area contributed by atoms with Crippen molar-refractivity contribution >= 4 is 0 Å². The van der Waals surface area contributed by atoms with Gasteiger partial charge in [-0.3, -0.25) is 0 Å². The van der Waals surface area contributed by atoms with Crippen LogP contribution in [-0.2, 0) is 4.74 Å². The molecule has 0 saturated heterocycles. The first-order valence-corrected chi connectivity index (χ1v) is 4.17. The lowest BCUT2D eigenvalue weighted by molar-refractivity contribution is 0.130. The monoisotopic (exact) mass is 157 g/mol. The molecule has 0 spiro atoms. The molecule has 0 fully saturated rings. The summed E-state index contributed by atoms with van der Waals surface area (Å²) in [6.07, 6.45) is 1.96. The molecule has 2 heteroatoms. The zero-order valence-electron chi connectivity index (χ0n) is 7.60. The summed E-state index contributed by atoms with van der Waals surface area (Å²) in [5.74, 6) is 0. The van der Waals surface area contributed by atoms with E-state index in [2.05, 4.69) is 13.5 Å². The van der Waals surface area contributed by atoms with Crippen LogP contribution in [0, 0.1) is 0 Å². The van der Waals surface area contributed by atoms with Gasteiger partial charge in [-0.25, -0.2) is 0 Å². The molecule has 1 unspecified atom stereocenters. The lowest BCUT2D eigenvalue weighted by Gasteiger charge is -2.10. The fourth-order valence-electron chi connectivity index (χ4n) is 0.703. The number of rotatable bonds is 6. The van der Waals surface area contributed by atoms with Crippen molar-refractivity contribution in [2.75, 3.05) is 13.2 Å². The van der Waals surface area contributed by atoms with Crippen molar-refractivity contribution in [1.82, 2.24) is 0 Å². The molecule has 0 aliphatic rings. The van der Waals surface area contributed by atoms with E-state index in [0.29, 0.717) is 0 Å². The van der Waals surface area contributed by atoms with E-state index in [-0.39, 0.29) is 6.04 Å². The van der Waals surface area contributed by atoms with Crippen LogP contribution in [0.4, 0.5) is 0 Å². The molecule has 0 aromatic carbocycles. The Morgan fingerprint density at radius 1 is 1.55 bits per heavy atom. The molecule has 0 bridgehead atoms. The van der Waals surface area contributed by atoms with Gasteiger partial charge in [0.05, 0.1) is 0 Å². The molecule has 0 rings (SSSR count). The van der Waals surface area contributed by atoms with Crippen LogP contribution in [0.1, 0.15) is 26.7 Å². The summed E-state index contributed by atoms with van der Waals surface area (Å²) in [5, 5.41) is 0. The van der Waals surface area contributed by atoms with E-state index >= 15 is 0 Å². The predicted octanol–water partition coefficient (Wildman–Crippen LogP) is 1.71. The Balaban J connectivity index is 3.17. The summed E-state index contributed by atoms with van der Waals surface area (Å²) in [6, 6.07) is 0.104. The maximum atomic E-state index is 5.72. The summed E-state index contributed by atoms with van der Waals surface area (Å²) in [4.78, 5) is 0. The van der Waals surface area contributed by atoms with Crippen LogP contribution in [0.25, 0.3) is 0 Å². The lowest BCUT2D eigenvalue weighted by Crippen LogP contribution is -2.22. The van der Waals surface area contributed by atoms with Gasteiger partial charge in [-0.2, -0.15) is 0 Å². The van der Waals surface area contributed by atoms with E-state index < -0.39 is 0 Å². The standard InChI is InChI=1S/C9H19NO/c1-4-6-11-7-5-9(10)8(2)3/h9H,2,4-7,10H2,1,3H3. The highest BCUT2D eigenvalue weighted by atomic mass is 16.5. The van der Waals surface area contributed by atoms with Gasteiger partial charge in [0.15, 0.2) is 0 Å². The summed E-state index contributed by atoms with van der Waals surface area (Å²) in [5.41, 5.74) is 6.75. The molecule has 0 heterocycles. The summed E-state index contributed by atoms with van der Waals surface area (Å²) in [6.45, 7) is 9.41. The topological polar surface area (TPSA) is 35.2 Å². The van der Waals surface area contributed by atoms with E-state index in [0.717, 1.165) is 31.6 Å². The molecular formula is C9H19NO. The lowest BCUT2D eigenvalue weighted by atomic mass is 10.1. The first-order valence-electron chi connectivity index (χ1n) is 4.17. The van der Waals surface area contributed by atoms with Gasteiger partial charge in [-0.05, 0) is 19.8 Å². The van der Waals surface area contributed by atoms with Crippen molar-refractivity contribution in [1.29, 1.82) is 0 Å². The first kappa shape index (κ1) is 10.7. The third kappa shape index (κ3) is 6.07. The fourth-order valence-corrected chi connectivity index (χ4v) is 0.703. The molecule has 2 nitrogen and oxygen atoms in total. The van der Waals surface area contributed by atoms with Gasteiger partial charge < -0.3 is 10.5 Å². The minimum Gasteiger partial charge on any atom is -0.381 e. The Morgan fingerprint density at radius 3 is 2.64 bits per heavy atom. The fraction of sp³-hybridized carbons (Fsp3) is 0.778. The Hall–Kier alpha value is -0.340. The van der Waals surface area contributed by atoms with Gasteiger partial charge in [-0.1, -0.05) is 19.1 Å². The van der Waals surface area contributed by atoms with E-state index in [4.69, 9.17) is 10.5 Å². The summed E-state index contributed by atoms with van der Waals surface area (Å²) in [7, 11) is 0. The third-order valence-corrected chi connectivity index (χ3v) is 1.55. The molecule has 0 aromatic heterocycles. The molecule has 66 valence electrons. The van der Waals surface area contributed by atoms with Gasteiger partial charge in [0, 0.05) is 19.3 Å². The van der Waals surface area contributed by atoms with Crippen molar-refractivity contribution in [2.24, 2.45) is 5.73 Å². The molecule has 0 saturated carbocycles. The number of hydrogen-bond donors (Lipinski definition) is 1. The molecule has 0 amide bonds. The highest BCUT2D eigenvalue weighted by molar-refractivity contribution is 4.99. The van der Waals surface area contributed by atoms with Crippen LogP contribution in [0.5, 0.6) is 0 Å². The van der Waals surface area contributed by atoms with Gasteiger partial charge in [0.2, 0.25) is 0 Å². The van der Waals surface area contributed by atoms with Crippen LogP contribution in [0.15, 0.2) is 12.2 Å². The van der Waals surface area contributed by atoms with Gasteiger partial charge in [-0.15, -0.1) is 0 Å². The van der Waals surface area contributed by atoms with E-state index in [9.17, 15) is 0 Å². The van der Waals surface area contributed by atoms with Gasteiger partial charge in [0.1, 0.15) is 0 Å². The average Bonchev–Trinajstić information content (AvgIpc) is 1.97. The van der Waals surface area contributed by atoms with E-state index in [1.54, 1.807) is 0 Å². The molecule has 0 aromatic rings. The second-order valence-corrected chi connectivity index (χ2v) is 2.85. The van der Waals surface area contributed by atoms with Crippen LogP contribution in [0.3, 0.4) is 0 Å². The van der Waals surface area contributed by atoms with Gasteiger partial charge >= 0.3 is 0 Å². The number of nitrogens with two attached hydrogens (primary N) is 1. The Morgan fingerprint density at radius 2 is 2.18 bits per heavy atom. The second-order valence-electron chi connectivity index (χ2n) is 2.85. The van der Waals surface area contributed by atoms with Crippen molar-refractivity contribution in [3.05, 3.63) is 12.2 Å². The summed E-state index contributed by atoms with van der Waals surface area (Å²) < 4.78 is 5.28. The van der Waals surface area contributed by atoms with Crippen LogP contribution >= 0.6 is 0 Å². The number of ether oxygens (including phenoxy) is 1. The minimum atomic E-state index is 0.104. The Bertz CT molecular complexity index is 112. The largest absolute Gasteiger partial charge is 0.381 e. The van der Waals surface area contributed by atoms with Crippen LogP contribution in [0.2, 0.25) is 0 Å². The maximum absolute atomic E-state index is 5.72. The quantitative estimate of drug-likeness (QED) is 0.470. The highest BCUT2D eigenvalue weighted by Gasteiger charge is 2.00. The van der Waals surface area contributed by atoms with Crippen molar-refractivity contribution < 1.29 is 4.74 Å². The minimum absolute atomic E-state index is 0.104. The molecule has 0 aliphatic heterocycles. The molecule has 1 atom stereocenters. The van der Waals surface area contributed by atoms with E-state index in [1.165, 1.54) is 0 Å². The van der Waals surface area contributed by atoms with Crippen molar-refractivity contribution in [3.8, 4) is 0 Å². The zero-order chi connectivity index (χ0) is 8.69.